The summed E-state index contributed by atoms with van der Waals surface area (Å²) in [5.74, 6) is 0. The number of likely N-dealkylation sites (N-methyl/N-ethyl adjacent to an activating group) is 1. The molecule has 1 aromatic heterocycles. The first-order chi connectivity index (χ1) is 9.09. The van der Waals surface area contributed by atoms with Gasteiger partial charge in [0.05, 0.1) is 12.9 Å². The highest BCUT2D eigenvalue weighted by atomic mass is 19.1. The van der Waals surface area contributed by atoms with Crippen LogP contribution in [0, 0.1) is 0 Å². The normalized spacial score (nSPS) is 16.4. The molecule has 0 radical (unpaired) electrons. The Hall–Kier alpha value is -1.39. The zero-order chi connectivity index (χ0) is 13.9. The van der Waals surface area contributed by atoms with Crippen molar-refractivity contribution in [3.8, 4) is 0 Å². The van der Waals surface area contributed by atoms with Gasteiger partial charge in [0.15, 0.2) is 0 Å². The van der Waals surface area contributed by atoms with Crippen LogP contribution in [0.3, 0.4) is 0 Å². The van der Waals surface area contributed by atoms with E-state index in [2.05, 4.69) is 5.32 Å². The lowest BCUT2D eigenvalue weighted by atomic mass is 9.86. The Balaban J connectivity index is 2.34. The average molecular weight is 265 g/mol. The molecule has 2 N–H and O–H groups in total. The molecule has 1 heterocycles. The number of halogens is 1. The summed E-state index contributed by atoms with van der Waals surface area (Å²) in [6.45, 7) is 3.87. The molecule has 0 aliphatic rings. The summed E-state index contributed by atoms with van der Waals surface area (Å²) >= 11 is 0. The lowest BCUT2D eigenvalue weighted by Crippen LogP contribution is -2.47. The van der Waals surface area contributed by atoms with Crippen molar-refractivity contribution in [2.45, 2.75) is 31.9 Å². The molecule has 0 aliphatic heterocycles. The predicted octanol–water partition coefficient (Wildman–Crippen LogP) is 2.98. The zero-order valence-electron chi connectivity index (χ0n) is 11.3. The molecule has 19 heavy (non-hydrogen) atoms. The first-order valence-corrected chi connectivity index (χ1v) is 6.59. The van der Waals surface area contributed by atoms with Crippen molar-refractivity contribution < 1.29 is 13.9 Å². The van der Waals surface area contributed by atoms with Gasteiger partial charge in [0, 0.05) is 11.4 Å². The number of nitrogens with one attached hydrogen (secondary N) is 1. The summed E-state index contributed by atoms with van der Waals surface area (Å²) in [5, 5.41) is 14.9. The number of benzene rings is 1. The van der Waals surface area contributed by atoms with E-state index in [0.717, 1.165) is 16.5 Å². The molecule has 2 rings (SSSR count). The monoisotopic (exact) mass is 265 g/mol. The first kappa shape index (κ1) is 14.0. The Kier molecular flexibility index (Phi) is 4.22. The van der Waals surface area contributed by atoms with Gasteiger partial charge in [-0.25, -0.2) is 0 Å². The third-order valence-corrected chi connectivity index (χ3v) is 3.57. The quantitative estimate of drug-likeness (QED) is 0.844. The molecule has 2 unspecified atom stereocenters. The third kappa shape index (κ3) is 2.80. The SMILES string of the molecule is CCNC(CCF)C(C)(O)c1ccc2ccoc2c1. The molecule has 3 nitrogen and oxygen atoms in total. The van der Waals surface area contributed by atoms with Crippen molar-refractivity contribution in [3.05, 3.63) is 36.1 Å². The maximum Gasteiger partial charge on any atom is 0.134 e. The Labute approximate surface area is 112 Å². The molecule has 0 amide bonds. The molecule has 0 bridgehead atoms. The van der Waals surface area contributed by atoms with Gasteiger partial charge in [0.2, 0.25) is 0 Å². The molecular weight excluding hydrogens is 245 g/mol. The van der Waals surface area contributed by atoms with Gasteiger partial charge < -0.3 is 14.8 Å². The van der Waals surface area contributed by atoms with E-state index in [-0.39, 0.29) is 12.5 Å². The summed E-state index contributed by atoms with van der Waals surface area (Å²) in [4.78, 5) is 0. The van der Waals surface area contributed by atoms with Crippen LogP contribution in [-0.2, 0) is 5.60 Å². The zero-order valence-corrected chi connectivity index (χ0v) is 11.3. The lowest BCUT2D eigenvalue weighted by Gasteiger charge is -2.33. The number of furan rings is 1. The Morgan fingerprint density at radius 3 is 2.89 bits per heavy atom. The third-order valence-electron chi connectivity index (χ3n) is 3.57. The van der Waals surface area contributed by atoms with Crippen LogP contribution in [0.15, 0.2) is 34.9 Å². The Morgan fingerprint density at radius 2 is 2.21 bits per heavy atom. The van der Waals surface area contributed by atoms with E-state index in [1.807, 2.05) is 31.2 Å². The minimum Gasteiger partial charge on any atom is -0.464 e. The molecule has 0 fully saturated rings. The fourth-order valence-electron chi connectivity index (χ4n) is 2.41. The molecule has 2 atom stereocenters. The smallest absolute Gasteiger partial charge is 0.134 e. The van der Waals surface area contributed by atoms with Crippen molar-refractivity contribution >= 4 is 11.0 Å². The maximum atomic E-state index is 12.6. The molecule has 0 saturated carbocycles. The molecule has 2 aromatic rings. The van der Waals surface area contributed by atoms with Gasteiger partial charge in [0.1, 0.15) is 11.2 Å². The van der Waals surface area contributed by atoms with E-state index in [1.54, 1.807) is 13.2 Å². The van der Waals surface area contributed by atoms with Crippen LogP contribution in [0.1, 0.15) is 25.8 Å². The summed E-state index contributed by atoms with van der Waals surface area (Å²) in [6.07, 6.45) is 1.89. The fraction of sp³-hybridized carbons (Fsp3) is 0.467. The molecule has 0 spiro atoms. The van der Waals surface area contributed by atoms with E-state index < -0.39 is 12.3 Å². The summed E-state index contributed by atoms with van der Waals surface area (Å²) < 4.78 is 18.0. The molecule has 0 saturated heterocycles. The van der Waals surface area contributed by atoms with Crippen LogP contribution in [0.2, 0.25) is 0 Å². The standard InChI is InChI=1S/C15H20FNO2/c1-3-17-14(6-8-16)15(2,18)12-5-4-11-7-9-19-13(11)10-12/h4-5,7,9-10,14,17-18H,3,6,8H2,1-2H3. The average Bonchev–Trinajstić information content (AvgIpc) is 2.85. The van der Waals surface area contributed by atoms with Crippen molar-refractivity contribution in [2.24, 2.45) is 0 Å². The summed E-state index contributed by atoms with van der Waals surface area (Å²) in [5.41, 5.74) is 0.325. The summed E-state index contributed by atoms with van der Waals surface area (Å²) in [7, 11) is 0. The number of rotatable bonds is 6. The fourth-order valence-corrected chi connectivity index (χ4v) is 2.41. The second-order valence-electron chi connectivity index (χ2n) is 4.91. The van der Waals surface area contributed by atoms with Crippen LogP contribution < -0.4 is 5.32 Å². The number of fused-ring (bicyclic) bond motifs is 1. The molecule has 1 aromatic carbocycles. The minimum absolute atomic E-state index is 0.275. The van der Waals surface area contributed by atoms with Gasteiger partial charge in [-0.1, -0.05) is 19.1 Å². The van der Waals surface area contributed by atoms with Crippen molar-refractivity contribution in [3.63, 3.8) is 0 Å². The highest BCUT2D eigenvalue weighted by molar-refractivity contribution is 5.77. The Bertz CT molecular complexity index is 530. The van der Waals surface area contributed by atoms with Gasteiger partial charge in [-0.2, -0.15) is 0 Å². The van der Waals surface area contributed by atoms with Gasteiger partial charge in [-0.3, -0.25) is 4.39 Å². The second kappa shape index (κ2) is 5.72. The molecule has 0 aliphatic carbocycles. The molecule has 4 heteroatoms. The number of hydrogen-bond acceptors (Lipinski definition) is 3. The topological polar surface area (TPSA) is 45.4 Å². The molecule has 104 valence electrons. The van der Waals surface area contributed by atoms with E-state index in [4.69, 9.17) is 4.42 Å². The predicted molar refractivity (Wildman–Crippen MR) is 73.8 cm³/mol. The van der Waals surface area contributed by atoms with Crippen molar-refractivity contribution in [2.75, 3.05) is 13.2 Å². The van der Waals surface area contributed by atoms with Gasteiger partial charge in [-0.15, -0.1) is 0 Å². The van der Waals surface area contributed by atoms with Crippen molar-refractivity contribution in [1.82, 2.24) is 5.32 Å². The van der Waals surface area contributed by atoms with Crippen LogP contribution >= 0.6 is 0 Å². The number of hydrogen-bond donors (Lipinski definition) is 2. The van der Waals surface area contributed by atoms with Gasteiger partial charge in [0.25, 0.3) is 0 Å². The van der Waals surface area contributed by atoms with Gasteiger partial charge >= 0.3 is 0 Å². The lowest BCUT2D eigenvalue weighted by molar-refractivity contribution is 0.0104. The highest BCUT2D eigenvalue weighted by Gasteiger charge is 2.33. The summed E-state index contributed by atoms with van der Waals surface area (Å²) in [6, 6.07) is 7.13. The van der Waals surface area contributed by atoms with Crippen molar-refractivity contribution in [1.29, 1.82) is 0 Å². The van der Waals surface area contributed by atoms with Crippen LogP contribution in [0.5, 0.6) is 0 Å². The second-order valence-corrected chi connectivity index (χ2v) is 4.91. The maximum absolute atomic E-state index is 12.6. The molecular formula is C15H20FNO2. The van der Waals surface area contributed by atoms with E-state index >= 15 is 0 Å². The number of alkyl halides is 1. The van der Waals surface area contributed by atoms with E-state index in [1.165, 1.54) is 0 Å². The number of aliphatic hydroxyl groups is 1. The van der Waals surface area contributed by atoms with Crippen LogP contribution in [-0.4, -0.2) is 24.4 Å². The first-order valence-electron chi connectivity index (χ1n) is 6.59. The van der Waals surface area contributed by atoms with Gasteiger partial charge in [-0.05, 0) is 37.6 Å². The minimum atomic E-state index is -1.14. The largest absolute Gasteiger partial charge is 0.464 e. The van der Waals surface area contributed by atoms with E-state index in [0.29, 0.717) is 6.54 Å². The van der Waals surface area contributed by atoms with Crippen LogP contribution in [0.25, 0.3) is 11.0 Å². The highest BCUT2D eigenvalue weighted by Crippen LogP contribution is 2.29. The Morgan fingerprint density at radius 1 is 1.42 bits per heavy atom. The van der Waals surface area contributed by atoms with E-state index in [9.17, 15) is 9.50 Å². The van der Waals surface area contributed by atoms with Crippen LogP contribution in [0.4, 0.5) is 4.39 Å².